The molecule has 1 aliphatic carbocycles. The smallest absolute Gasteiger partial charge is 0.320 e. The van der Waals surface area contributed by atoms with Gasteiger partial charge in [-0.05, 0) is 19.3 Å². The molecule has 5 heteroatoms. The standard InChI is InChI=1S/C15H21ClO4/c1-3-12(17)7-9-15(8-5-4-6-13(15)18)14(19)20-10-11(2)16/h2-10H2,1H3. The molecule has 0 radical (unpaired) electrons. The molecule has 0 bridgehead atoms. The van der Waals surface area contributed by atoms with Crippen molar-refractivity contribution in [3.05, 3.63) is 11.6 Å². The van der Waals surface area contributed by atoms with E-state index in [2.05, 4.69) is 6.58 Å². The summed E-state index contributed by atoms with van der Waals surface area (Å²) in [5.74, 6) is -0.622. The highest BCUT2D eigenvalue weighted by Crippen LogP contribution is 2.39. The molecule has 0 amide bonds. The van der Waals surface area contributed by atoms with Crippen molar-refractivity contribution in [2.45, 2.75) is 51.9 Å². The first-order chi connectivity index (χ1) is 9.42. The van der Waals surface area contributed by atoms with E-state index in [9.17, 15) is 14.4 Å². The Labute approximate surface area is 124 Å². The van der Waals surface area contributed by atoms with Gasteiger partial charge in [0.25, 0.3) is 0 Å². The Morgan fingerprint density at radius 3 is 2.65 bits per heavy atom. The average Bonchev–Trinajstić information content (AvgIpc) is 2.43. The SMILES string of the molecule is C=C(Cl)COC(=O)C1(CCC(=O)CC)CCCCC1=O. The number of hydrogen-bond donors (Lipinski definition) is 0. The first-order valence-electron chi connectivity index (χ1n) is 6.98. The number of halogens is 1. The van der Waals surface area contributed by atoms with Crippen LogP contribution in [0, 0.1) is 5.41 Å². The third kappa shape index (κ3) is 4.17. The molecule has 0 heterocycles. The van der Waals surface area contributed by atoms with Crippen molar-refractivity contribution in [1.29, 1.82) is 0 Å². The number of rotatable bonds is 7. The van der Waals surface area contributed by atoms with E-state index in [-0.39, 0.29) is 36.0 Å². The lowest BCUT2D eigenvalue weighted by atomic mass is 9.69. The number of hydrogen-bond acceptors (Lipinski definition) is 4. The molecule has 1 fully saturated rings. The molecule has 112 valence electrons. The Morgan fingerprint density at radius 1 is 1.40 bits per heavy atom. The number of carbonyl (C=O) groups is 3. The van der Waals surface area contributed by atoms with Crippen molar-refractivity contribution in [3.8, 4) is 0 Å². The molecule has 1 atom stereocenters. The van der Waals surface area contributed by atoms with E-state index < -0.39 is 11.4 Å². The largest absolute Gasteiger partial charge is 0.459 e. The molecule has 1 rings (SSSR count). The predicted octanol–water partition coefficient (Wildman–Crippen LogP) is 3.17. The summed E-state index contributed by atoms with van der Waals surface area (Å²) in [6.07, 6.45) is 3.30. The van der Waals surface area contributed by atoms with Crippen molar-refractivity contribution >= 4 is 29.1 Å². The second-order valence-electron chi connectivity index (χ2n) is 5.20. The molecular formula is C15H21ClO4. The number of Topliss-reactive ketones (excluding diaryl/α,β-unsaturated/α-hetero) is 2. The number of esters is 1. The summed E-state index contributed by atoms with van der Waals surface area (Å²) in [5, 5.41) is 0.210. The summed E-state index contributed by atoms with van der Waals surface area (Å²) >= 11 is 5.58. The topological polar surface area (TPSA) is 60.4 Å². The van der Waals surface area contributed by atoms with Crippen molar-refractivity contribution in [2.24, 2.45) is 5.41 Å². The van der Waals surface area contributed by atoms with Gasteiger partial charge in [0.15, 0.2) is 0 Å². The second-order valence-corrected chi connectivity index (χ2v) is 5.73. The third-order valence-electron chi connectivity index (χ3n) is 3.77. The Balaban J connectivity index is 2.82. The fourth-order valence-corrected chi connectivity index (χ4v) is 2.54. The molecule has 0 aliphatic heterocycles. The van der Waals surface area contributed by atoms with Gasteiger partial charge in [0.05, 0.1) is 0 Å². The van der Waals surface area contributed by atoms with Crippen molar-refractivity contribution in [2.75, 3.05) is 6.61 Å². The molecule has 1 aliphatic rings. The maximum Gasteiger partial charge on any atom is 0.320 e. The van der Waals surface area contributed by atoms with Gasteiger partial charge in [0, 0.05) is 24.3 Å². The van der Waals surface area contributed by atoms with E-state index in [0.29, 0.717) is 19.3 Å². The molecule has 0 N–H and O–H groups in total. The second kappa shape index (κ2) is 7.58. The quantitative estimate of drug-likeness (QED) is 0.535. The van der Waals surface area contributed by atoms with Crippen molar-refractivity contribution < 1.29 is 19.1 Å². The van der Waals surface area contributed by atoms with Crippen LogP contribution in [0.3, 0.4) is 0 Å². The highest BCUT2D eigenvalue weighted by atomic mass is 35.5. The lowest BCUT2D eigenvalue weighted by Gasteiger charge is -2.33. The zero-order chi connectivity index (χ0) is 15.2. The van der Waals surface area contributed by atoms with Crippen molar-refractivity contribution in [1.82, 2.24) is 0 Å². The Hall–Kier alpha value is -1.16. The maximum atomic E-state index is 12.3. The molecule has 1 saturated carbocycles. The zero-order valence-electron chi connectivity index (χ0n) is 11.9. The van der Waals surface area contributed by atoms with E-state index >= 15 is 0 Å². The molecule has 0 spiro atoms. The Morgan fingerprint density at radius 2 is 2.10 bits per heavy atom. The lowest BCUT2D eigenvalue weighted by Crippen LogP contribution is -2.43. The monoisotopic (exact) mass is 300 g/mol. The van der Waals surface area contributed by atoms with Crippen LogP contribution in [0.25, 0.3) is 0 Å². The zero-order valence-corrected chi connectivity index (χ0v) is 12.6. The van der Waals surface area contributed by atoms with Gasteiger partial charge in [-0.25, -0.2) is 0 Å². The van der Waals surface area contributed by atoms with Crippen LogP contribution in [-0.2, 0) is 19.1 Å². The lowest BCUT2D eigenvalue weighted by molar-refractivity contribution is -0.162. The van der Waals surface area contributed by atoms with E-state index in [0.717, 1.165) is 12.8 Å². The Kier molecular flexibility index (Phi) is 6.40. The number of ketones is 2. The average molecular weight is 301 g/mol. The fourth-order valence-electron chi connectivity index (χ4n) is 2.48. The van der Waals surface area contributed by atoms with E-state index in [1.165, 1.54) is 0 Å². The van der Waals surface area contributed by atoms with Gasteiger partial charge in [0.2, 0.25) is 0 Å². The van der Waals surface area contributed by atoms with Crippen LogP contribution in [0.5, 0.6) is 0 Å². The molecule has 0 saturated heterocycles. The van der Waals surface area contributed by atoms with Gasteiger partial charge >= 0.3 is 5.97 Å². The summed E-state index contributed by atoms with van der Waals surface area (Å²) in [6, 6.07) is 0. The molecule has 0 aromatic rings. The highest BCUT2D eigenvalue weighted by Gasteiger charge is 2.47. The highest BCUT2D eigenvalue weighted by molar-refractivity contribution is 6.29. The van der Waals surface area contributed by atoms with Gasteiger partial charge in [-0.2, -0.15) is 0 Å². The third-order valence-corrected chi connectivity index (χ3v) is 3.88. The number of ether oxygens (including phenoxy) is 1. The first-order valence-corrected chi connectivity index (χ1v) is 7.35. The minimum Gasteiger partial charge on any atom is -0.459 e. The molecule has 20 heavy (non-hydrogen) atoms. The van der Waals surface area contributed by atoms with Crippen LogP contribution in [-0.4, -0.2) is 24.1 Å². The van der Waals surface area contributed by atoms with Gasteiger partial charge < -0.3 is 4.74 Å². The van der Waals surface area contributed by atoms with Gasteiger partial charge in [-0.3, -0.25) is 14.4 Å². The van der Waals surface area contributed by atoms with Crippen LogP contribution < -0.4 is 0 Å². The summed E-state index contributed by atoms with van der Waals surface area (Å²) in [5.41, 5.74) is -1.16. The van der Waals surface area contributed by atoms with E-state index in [4.69, 9.17) is 16.3 Å². The van der Waals surface area contributed by atoms with Gasteiger partial charge in [-0.1, -0.05) is 31.5 Å². The summed E-state index contributed by atoms with van der Waals surface area (Å²) in [4.78, 5) is 36.0. The van der Waals surface area contributed by atoms with Crippen LogP contribution in [0.1, 0.15) is 51.9 Å². The summed E-state index contributed by atoms with van der Waals surface area (Å²) < 4.78 is 5.08. The summed E-state index contributed by atoms with van der Waals surface area (Å²) in [6.45, 7) is 5.12. The fraction of sp³-hybridized carbons (Fsp3) is 0.667. The molecular weight excluding hydrogens is 280 g/mol. The summed E-state index contributed by atoms with van der Waals surface area (Å²) in [7, 11) is 0. The minimum absolute atomic E-state index is 0.0531. The van der Waals surface area contributed by atoms with Crippen molar-refractivity contribution in [3.63, 3.8) is 0 Å². The minimum atomic E-state index is -1.16. The molecule has 0 aromatic heterocycles. The van der Waals surface area contributed by atoms with Crippen LogP contribution in [0.2, 0.25) is 0 Å². The molecule has 0 aromatic carbocycles. The van der Waals surface area contributed by atoms with Crippen LogP contribution in [0.4, 0.5) is 0 Å². The predicted molar refractivity (Wildman–Crippen MR) is 76.4 cm³/mol. The van der Waals surface area contributed by atoms with Crippen LogP contribution >= 0.6 is 11.6 Å². The van der Waals surface area contributed by atoms with E-state index in [1.807, 2.05) is 0 Å². The van der Waals surface area contributed by atoms with Crippen LogP contribution in [0.15, 0.2) is 11.6 Å². The van der Waals surface area contributed by atoms with Gasteiger partial charge in [-0.15, -0.1) is 0 Å². The van der Waals surface area contributed by atoms with Gasteiger partial charge in [0.1, 0.15) is 23.6 Å². The number of carbonyl (C=O) groups excluding carboxylic acids is 3. The first kappa shape index (κ1) is 16.9. The molecule has 1 unspecified atom stereocenters. The van der Waals surface area contributed by atoms with E-state index in [1.54, 1.807) is 6.92 Å². The Bertz CT molecular complexity index is 416. The molecule has 4 nitrogen and oxygen atoms in total. The normalized spacial score (nSPS) is 22.4. The maximum absolute atomic E-state index is 12.3.